The topological polar surface area (TPSA) is 35.5 Å². The summed E-state index contributed by atoms with van der Waals surface area (Å²) in [6, 6.07) is 9.39. The van der Waals surface area contributed by atoms with E-state index in [9.17, 15) is 4.79 Å². The molecule has 0 aliphatic carbocycles. The Morgan fingerprint density at radius 2 is 1.88 bits per heavy atom. The Labute approximate surface area is 96.4 Å². The van der Waals surface area contributed by atoms with Crippen molar-refractivity contribution in [3.63, 3.8) is 0 Å². The summed E-state index contributed by atoms with van der Waals surface area (Å²) < 4.78 is 10.6. The second-order valence-corrected chi connectivity index (χ2v) is 3.73. The van der Waals surface area contributed by atoms with Crippen LogP contribution in [-0.4, -0.2) is 18.7 Å². The average molecular weight is 222 g/mol. The predicted molar refractivity (Wildman–Crippen MR) is 62.0 cm³/mol. The molecule has 3 nitrogen and oxygen atoms in total. The predicted octanol–water partition coefficient (Wildman–Crippen LogP) is 2.72. The van der Waals surface area contributed by atoms with E-state index in [2.05, 4.69) is 0 Å². The molecule has 0 unspecified atom stereocenters. The SMILES string of the molecule is CCOC(=O)[C@@H](OC(C)C)c1ccccc1. The van der Waals surface area contributed by atoms with Gasteiger partial charge in [-0.25, -0.2) is 4.79 Å². The minimum Gasteiger partial charge on any atom is -0.464 e. The number of carbonyl (C=O) groups is 1. The Kier molecular flexibility index (Phi) is 4.99. The Balaban J connectivity index is 2.83. The van der Waals surface area contributed by atoms with E-state index in [-0.39, 0.29) is 12.1 Å². The van der Waals surface area contributed by atoms with Gasteiger partial charge in [-0.2, -0.15) is 0 Å². The summed E-state index contributed by atoms with van der Waals surface area (Å²) in [5.41, 5.74) is 0.828. The maximum atomic E-state index is 11.7. The van der Waals surface area contributed by atoms with E-state index >= 15 is 0 Å². The molecule has 0 spiro atoms. The summed E-state index contributed by atoms with van der Waals surface area (Å²) in [4.78, 5) is 11.7. The van der Waals surface area contributed by atoms with Gasteiger partial charge in [0, 0.05) is 0 Å². The lowest BCUT2D eigenvalue weighted by molar-refractivity contribution is -0.160. The molecule has 0 aliphatic heterocycles. The molecule has 0 aliphatic rings. The van der Waals surface area contributed by atoms with Crippen LogP contribution in [0.4, 0.5) is 0 Å². The van der Waals surface area contributed by atoms with E-state index in [1.807, 2.05) is 44.2 Å². The van der Waals surface area contributed by atoms with Gasteiger partial charge in [-0.3, -0.25) is 0 Å². The zero-order valence-corrected chi connectivity index (χ0v) is 9.97. The minimum atomic E-state index is -0.624. The second-order valence-electron chi connectivity index (χ2n) is 3.73. The quantitative estimate of drug-likeness (QED) is 0.718. The fraction of sp³-hybridized carbons (Fsp3) is 0.462. The number of carbonyl (C=O) groups excluding carboxylic acids is 1. The Morgan fingerprint density at radius 1 is 1.25 bits per heavy atom. The molecular weight excluding hydrogens is 204 g/mol. The summed E-state index contributed by atoms with van der Waals surface area (Å²) in [5, 5.41) is 0. The van der Waals surface area contributed by atoms with Crippen LogP contribution < -0.4 is 0 Å². The van der Waals surface area contributed by atoms with Crippen molar-refractivity contribution in [2.45, 2.75) is 33.0 Å². The molecule has 1 atom stereocenters. The monoisotopic (exact) mass is 222 g/mol. The molecule has 1 aromatic carbocycles. The highest BCUT2D eigenvalue weighted by Gasteiger charge is 2.23. The first-order chi connectivity index (χ1) is 7.65. The van der Waals surface area contributed by atoms with Crippen molar-refractivity contribution >= 4 is 5.97 Å². The highest BCUT2D eigenvalue weighted by Crippen LogP contribution is 2.20. The molecule has 1 rings (SSSR count). The Bertz CT molecular complexity index is 319. The molecule has 0 bridgehead atoms. The molecular formula is C13H18O3. The van der Waals surface area contributed by atoms with Crippen molar-refractivity contribution in [2.24, 2.45) is 0 Å². The molecule has 0 radical (unpaired) electrons. The highest BCUT2D eigenvalue weighted by molar-refractivity contribution is 5.76. The number of hydrogen-bond acceptors (Lipinski definition) is 3. The first kappa shape index (κ1) is 12.7. The van der Waals surface area contributed by atoms with E-state index in [1.54, 1.807) is 6.92 Å². The van der Waals surface area contributed by atoms with Crippen molar-refractivity contribution in [1.82, 2.24) is 0 Å². The molecule has 0 aromatic heterocycles. The zero-order valence-electron chi connectivity index (χ0n) is 9.97. The van der Waals surface area contributed by atoms with E-state index in [0.29, 0.717) is 6.61 Å². The van der Waals surface area contributed by atoms with Gasteiger partial charge in [0.2, 0.25) is 0 Å². The third-order valence-electron chi connectivity index (χ3n) is 2.01. The molecule has 0 saturated heterocycles. The van der Waals surface area contributed by atoms with Crippen LogP contribution in [0.5, 0.6) is 0 Å². The lowest BCUT2D eigenvalue weighted by atomic mass is 10.1. The van der Waals surface area contributed by atoms with E-state index in [0.717, 1.165) is 5.56 Å². The Hall–Kier alpha value is -1.35. The van der Waals surface area contributed by atoms with E-state index in [4.69, 9.17) is 9.47 Å². The lowest BCUT2D eigenvalue weighted by Crippen LogP contribution is -2.21. The average Bonchev–Trinajstić information content (AvgIpc) is 2.27. The third-order valence-corrected chi connectivity index (χ3v) is 2.01. The van der Waals surface area contributed by atoms with Gasteiger partial charge in [0.1, 0.15) is 0 Å². The third kappa shape index (κ3) is 3.66. The van der Waals surface area contributed by atoms with Crippen LogP contribution in [0.2, 0.25) is 0 Å². The summed E-state index contributed by atoms with van der Waals surface area (Å²) in [5.74, 6) is -0.331. The van der Waals surface area contributed by atoms with Crippen LogP contribution >= 0.6 is 0 Å². The molecule has 0 saturated carbocycles. The van der Waals surface area contributed by atoms with Crippen LogP contribution in [-0.2, 0) is 14.3 Å². The highest BCUT2D eigenvalue weighted by atomic mass is 16.6. The van der Waals surface area contributed by atoms with E-state index < -0.39 is 6.10 Å². The number of esters is 1. The van der Waals surface area contributed by atoms with Gasteiger partial charge in [-0.15, -0.1) is 0 Å². The first-order valence-corrected chi connectivity index (χ1v) is 5.52. The smallest absolute Gasteiger partial charge is 0.339 e. The van der Waals surface area contributed by atoms with Crippen LogP contribution in [0.25, 0.3) is 0 Å². The van der Waals surface area contributed by atoms with Crippen molar-refractivity contribution in [3.8, 4) is 0 Å². The molecule has 1 aromatic rings. The summed E-state index contributed by atoms with van der Waals surface area (Å²) in [6.45, 7) is 5.95. The van der Waals surface area contributed by atoms with Gasteiger partial charge in [0.25, 0.3) is 0 Å². The van der Waals surface area contributed by atoms with Gasteiger partial charge in [0.05, 0.1) is 12.7 Å². The maximum Gasteiger partial charge on any atom is 0.339 e. The summed E-state index contributed by atoms with van der Waals surface area (Å²) in [6.07, 6.45) is -0.643. The van der Waals surface area contributed by atoms with Crippen LogP contribution in [0, 0.1) is 0 Å². The molecule has 88 valence electrons. The number of hydrogen-bond donors (Lipinski definition) is 0. The van der Waals surface area contributed by atoms with Gasteiger partial charge in [-0.05, 0) is 26.3 Å². The Morgan fingerprint density at radius 3 is 2.38 bits per heavy atom. The zero-order chi connectivity index (χ0) is 12.0. The molecule has 0 heterocycles. The summed E-state index contributed by atoms with van der Waals surface area (Å²) >= 11 is 0. The van der Waals surface area contributed by atoms with Crippen molar-refractivity contribution < 1.29 is 14.3 Å². The van der Waals surface area contributed by atoms with Gasteiger partial charge >= 0.3 is 5.97 Å². The lowest BCUT2D eigenvalue weighted by Gasteiger charge is -2.19. The fourth-order valence-electron chi connectivity index (χ4n) is 1.39. The van der Waals surface area contributed by atoms with Crippen LogP contribution in [0.3, 0.4) is 0 Å². The van der Waals surface area contributed by atoms with Crippen molar-refractivity contribution in [2.75, 3.05) is 6.61 Å². The largest absolute Gasteiger partial charge is 0.464 e. The number of ether oxygens (including phenoxy) is 2. The first-order valence-electron chi connectivity index (χ1n) is 5.52. The molecule has 16 heavy (non-hydrogen) atoms. The molecule has 0 amide bonds. The van der Waals surface area contributed by atoms with Gasteiger partial charge in [0.15, 0.2) is 6.10 Å². The van der Waals surface area contributed by atoms with Gasteiger partial charge < -0.3 is 9.47 Å². The van der Waals surface area contributed by atoms with Crippen molar-refractivity contribution in [3.05, 3.63) is 35.9 Å². The molecule has 0 N–H and O–H groups in total. The normalized spacial score (nSPS) is 12.5. The second kappa shape index (κ2) is 6.28. The van der Waals surface area contributed by atoms with Crippen molar-refractivity contribution in [1.29, 1.82) is 0 Å². The number of benzene rings is 1. The minimum absolute atomic E-state index is 0.0189. The van der Waals surface area contributed by atoms with Gasteiger partial charge in [-0.1, -0.05) is 30.3 Å². The molecule has 0 fully saturated rings. The molecule has 3 heteroatoms. The summed E-state index contributed by atoms with van der Waals surface area (Å²) in [7, 11) is 0. The standard InChI is InChI=1S/C13H18O3/c1-4-15-13(14)12(16-10(2)3)11-8-6-5-7-9-11/h5-10,12H,4H2,1-3H3/t12-/m0/s1. The number of rotatable bonds is 5. The van der Waals surface area contributed by atoms with Crippen LogP contribution in [0.1, 0.15) is 32.4 Å². The fourth-order valence-corrected chi connectivity index (χ4v) is 1.39. The maximum absolute atomic E-state index is 11.7. The van der Waals surface area contributed by atoms with E-state index in [1.165, 1.54) is 0 Å². The van der Waals surface area contributed by atoms with Crippen LogP contribution in [0.15, 0.2) is 30.3 Å².